The zero-order valence-electron chi connectivity index (χ0n) is 14.6. The largest absolute Gasteiger partial charge is 0.350 e. The third-order valence-corrected chi connectivity index (χ3v) is 4.24. The van der Waals surface area contributed by atoms with E-state index in [4.69, 9.17) is 4.52 Å². The first kappa shape index (κ1) is 17.6. The number of fused-ring (bicyclic) bond motifs is 1. The second-order valence-electron chi connectivity index (χ2n) is 6.13. The molecule has 0 unspecified atom stereocenters. The number of carbonyl (C=O) groups is 1. The number of nitrogens with zero attached hydrogens (tertiary/aromatic N) is 3. The van der Waals surface area contributed by atoms with Crippen molar-refractivity contribution in [1.29, 1.82) is 0 Å². The van der Waals surface area contributed by atoms with Crippen molar-refractivity contribution >= 4 is 17.0 Å². The maximum atomic E-state index is 14.1. The molecule has 0 radical (unpaired) electrons. The van der Waals surface area contributed by atoms with Crippen LogP contribution in [0, 0.1) is 5.82 Å². The summed E-state index contributed by atoms with van der Waals surface area (Å²) >= 11 is 0. The monoisotopic (exact) mass is 378 g/mol. The lowest BCUT2D eigenvalue weighted by atomic mass is 10.1. The first-order valence-corrected chi connectivity index (χ1v) is 8.54. The Labute approximate surface area is 158 Å². The average Bonchev–Trinajstić information content (AvgIpc) is 3.14. The Bertz CT molecular complexity index is 1200. The van der Waals surface area contributed by atoms with Gasteiger partial charge in [-0.05, 0) is 17.7 Å². The maximum Gasteiger partial charge on any atom is 0.267 e. The molecule has 0 spiro atoms. The van der Waals surface area contributed by atoms with Crippen LogP contribution in [0.1, 0.15) is 5.56 Å². The topological polar surface area (TPSA) is 90.0 Å². The van der Waals surface area contributed by atoms with Crippen molar-refractivity contribution in [1.82, 2.24) is 20.0 Å². The number of hydrogen-bond donors (Lipinski definition) is 1. The maximum absolute atomic E-state index is 14.1. The molecule has 1 N–H and O–H groups in total. The zero-order chi connectivity index (χ0) is 19.5. The van der Waals surface area contributed by atoms with Gasteiger partial charge in [0.1, 0.15) is 29.8 Å². The first-order chi connectivity index (χ1) is 13.6. The van der Waals surface area contributed by atoms with Gasteiger partial charge in [-0.25, -0.2) is 9.37 Å². The molecule has 0 bridgehead atoms. The quantitative estimate of drug-likeness (QED) is 0.576. The smallest absolute Gasteiger partial charge is 0.267 e. The lowest BCUT2D eigenvalue weighted by Gasteiger charge is -2.07. The Morgan fingerprint density at radius 2 is 1.86 bits per heavy atom. The van der Waals surface area contributed by atoms with Crippen LogP contribution in [0.5, 0.6) is 0 Å². The normalized spacial score (nSPS) is 10.9. The molecule has 4 rings (SSSR count). The van der Waals surface area contributed by atoms with Crippen LogP contribution in [0.3, 0.4) is 0 Å². The van der Waals surface area contributed by atoms with Crippen molar-refractivity contribution in [3.8, 4) is 11.3 Å². The number of amides is 1. The van der Waals surface area contributed by atoms with E-state index >= 15 is 0 Å². The molecule has 0 aliphatic rings. The third-order valence-electron chi connectivity index (χ3n) is 4.24. The first-order valence-electron chi connectivity index (χ1n) is 8.54. The fourth-order valence-electron chi connectivity index (χ4n) is 2.84. The van der Waals surface area contributed by atoms with Crippen molar-refractivity contribution in [2.45, 2.75) is 13.1 Å². The van der Waals surface area contributed by atoms with Crippen LogP contribution in [0.4, 0.5) is 4.39 Å². The second-order valence-corrected chi connectivity index (χ2v) is 6.13. The molecule has 2 aromatic heterocycles. The second kappa shape index (κ2) is 7.43. The number of carbonyl (C=O) groups excluding carboxylic acids is 1. The van der Waals surface area contributed by atoms with Crippen molar-refractivity contribution in [3.63, 3.8) is 0 Å². The summed E-state index contributed by atoms with van der Waals surface area (Å²) in [5, 5.41) is 6.57. The minimum Gasteiger partial charge on any atom is -0.350 e. The molecule has 0 aliphatic heterocycles. The van der Waals surface area contributed by atoms with Gasteiger partial charge in [-0.3, -0.25) is 14.2 Å². The van der Waals surface area contributed by atoms with E-state index in [0.29, 0.717) is 6.54 Å². The van der Waals surface area contributed by atoms with Crippen LogP contribution in [0.2, 0.25) is 0 Å². The lowest BCUT2D eigenvalue weighted by molar-refractivity contribution is -0.121. The van der Waals surface area contributed by atoms with Crippen LogP contribution in [0.15, 0.2) is 70.2 Å². The standard InChI is InChI=1S/C20H15FN4O3/c21-15-9-5-4-8-14(15)18-17-19(28-24-18)23-12-25(20(17)27)11-16(26)22-10-13-6-2-1-3-7-13/h1-9,12H,10-11H2,(H,22,26). The van der Waals surface area contributed by atoms with E-state index < -0.39 is 11.4 Å². The van der Waals surface area contributed by atoms with Crippen LogP contribution in [0.25, 0.3) is 22.4 Å². The lowest BCUT2D eigenvalue weighted by Crippen LogP contribution is -2.32. The van der Waals surface area contributed by atoms with E-state index in [-0.39, 0.29) is 34.8 Å². The van der Waals surface area contributed by atoms with E-state index in [2.05, 4.69) is 15.5 Å². The highest BCUT2D eigenvalue weighted by molar-refractivity contribution is 5.89. The molecular weight excluding hydrogens is 363 g/mol. The Morgan fingerprint density at radius 3 is 2.64 bits per heavy atom. The van der Waals surface area contributed by atoms with Crippen molar-refractivity contribution < 1.29 is 13.7 Å². The molecule has 2 aromatic carbocycles. The highest BCUT2D eigenvalue weighted by Crippen LogP contribution is 2.26. The number of benzene rings is 2. The number of nitrogens with one attached hydrogen (secondary N) is 1. The number of aromatic nitrogens is 3. The summed E-state index contributed by atoms with van der Waals surface area (Å²) in [5.74, 6) is -0.885. The summed E-state index contributed by atoms with van der Waals surface area (Å²) in [4.78, 5) is 29.1. The molecule has 0 saturated heterocycles. The molecule has 2 heterocycles. The fourth-order valence-corrected chi connectivity index (χ4v) is 2.84. The number of rotatable bonds is 5. The van der Waals surface area contributed by atoms with E-state index in [1.54, 1.807) is 6.07 Å². The SMILES string of the molecule is O=C(Cn1cnc2onc(-c3ccccc3F)c2c1=O)NCc1ccccc1. The molecule has 8 heteroatoms. The molecular formula is C20H15FN4O3. The van der Waals surface area contributed by atoms with Gasteiger partial charge in [-0.15, -0.1) is 0 Å². The molecule has 0 saturated carbocycles. The molecule has 4 aromatic rings. The van der Waals surface area contributed by atoms with Crippen molar-refractivity contribution in [2.75, 3.05) is 0 Å². The molecule has 1 amide bonds. The van der Waals surface area contributed by atoms with Gasteiger partial charge < -0.3 is 9.84 Å². The van der Waals surface area contributed by atoms with Gasteiger partial charge in [0.15, 0.2) is 0 Å². The molecule has 7 nitrogen and oxygen atoms in total. The van der Waals surface area contributed by atoms with E-state index in [1.165, 1.54) is 24.5 Å². The Balaban J connectivity index is 1.61. The van der Waals surface area contributed by atoms with Crippen LogP contribution < -0.4 is 10.9 Å². The third kappa shape index (κ3) is 3.39. The molecule has 0 atom stereocenters. The summed E-state index contributed by atoms with van der Waals surface area (Å²) in [6.07, 6.45) is 1.21. The van der Waals surface area contributed by atoms with Gasteiger partial charge in [-0.1, -0.05) is 47.6 Å². The summed E-state index contributed by atoms with van der Waals surface area (Å²) < 4.78 is 20.3. The van der Waals surface area contributed by atoms with Crippen molar-refractivity contribution in [3.05, 3.63) is 82.7 Å². The Hall–Kier alpha value is -3.81. The minimum atomic E-state index is -0.534. The summed E-state index contributed by atoms with van der Waals surface area (Å²) in [6, 6.07) is 15.3. The van der Waals surface area contributed by atoms with E-state index in [0.717, 1.165) is 10.1 Å². The van der Waals surface area contributed by atoms with E-state index in [9.17, 15) is 14.0 Å². The molecule has 28 heavy (non-hydrogen) atoms. The van der Waals surface area contributed by atoms with Crippen LogP contribution in [-0.2, 0) is 17.9 Å². The molecule has 0 aliphatic carbocycles. The minimum absolute atomic E-state index is 0.0100. The zero-order valence-corrected chi connectivity index (χ0v) is 14.6. The van der Waals surface area contributed by atoms with Gasteiger partial charge in [0.25, 0.3) is 11.3 Å². The predicted molar refractivity (Wildman–Crippen MR) is 99.7 cm³/mol. The summed E-state index contributed by atoms with van der Waals surface area (Å²) in [7, 11) is 0. The van der Waals surface area contributed by atoms with Crippen LogP contribution in [-0.4, -0.2) is 20.6 Å². The fraction of sp³-hybridized carbons (Fsp3) is 0.100. The predicted octanol–water partition coefficient (Wildman–Crippen LogP) is 2.51. The van der Waals surface area contributed by atoms with Crippen LogP contribution >= 0.6 is 0 Å². The van der Waals surface area contributed by atoms with Gasteiger partial charge in [0.05, 0.1) is 0 Å². The highest BCUT2D eigenvalue weighted by Gasteiger charge is 2.19. The highest BCUT2D eigenvalue weighted by atomic mass is 19.1. The van der Waals surface area contributed by atoms with Gasteiger partial charge in [-0.2, -0.15) is 0 Å². The van der Waals surface area contributed by atoms with Crippen molar-refractivity contribution in [2.24, 2.45) is 0 Å². The van der Waals surface area contributed by atoms with Gasteiger partial charge in [0.2, 0.25) is 5.91 Å². The molecule has 140 valence electrons. The van der Waals surface area contributed by atoms with E-state index in [1.807, 2.05) is 30.3 Å². The number of halogens is 1. The number of hydrogen-bond acceptors (Lipinski definition) is 5. The average molecular weight is 378 g/mol. The summed E-state index contributed by atoms with van der Waals surface area (Å²) in [5.41, 5.74) is 0.595. The molecule has 0 fully saturated rings. The Kier molecular flexibility index (Phi) is 4.67. The van der Waals surface area contributed by atoms with Gasteiger partial charge >= 0.3 is 0 Å². The Morgan fingerprint density at radius 1 is 1.11 bits per heavy atom. The summed E-state index contributed by atoms with van der Waals surface area (Å²) in [6.45, 7) is 0.119. The van der Waals surface area contributed by atoms with Gasteiger partial charge in [0, 0.05) is 12.1 Å².